The zero-order valence-corrected chi connectivity index (χ0v) is 8.18. The van der Waals surface area contributed by atoms with E-state index in [0.717, 1.165) is 11.3 Å². The van der Waals surface area contributed by atoms with E-state index in [1.165, 1.54) is 44.9 Å². The molecule has 70 valence electrons. The van der Waals surface area contributed by atoms with Gasteiger partial charge in [-0.25, -0.2) is 0 Å². The van der Waals surface area contributed by atoms with Crippen molar-refractivity contribution < 1.29 is 0 Å². The summed E-state index contributed by atoms with van der Waals surface area (Å²) in [5, 5.41) is 0. The predicted octanol–water partition coefficient (Wildman–Crippen LogP) is 2.69. The molecule has 2 aliphatic carbocycles. The van der Waals surface area contributed by atoms with Gasteiger partial charge in [-0.2, -0.15) is 0 Å². The second-order valence-corrected chi connectivity index (χ2v) is 5.03. The first-order valence-electron chi connectivity index (χ1n) is 5.48. The van der Waals surface area contributed by atoms with E-state index in [4.69, 9.17) is 5.73 Å². The molecule has 1 heteroatoms. The number of nitrogens with two attached hydrogens (primary N) is 1. The van der Waals surface area contributed by atoms with E-state index in [1.54, 1.807) is 0 Å². The van der Waals surface area contributed by atoms with Gasteiger partial charge in [-0.1, -0.05) is 12.8 Å². The van der Waals surface area contributed by atoms with Crippen molar-refractivity contribution >= 4 is 0 Å². The topological polar surface area (TPSA) is 26.0 Å². The molecule has 2 saturated carbocycles. The van der Waals surface area contributed by atoms with Crippen LogP contribution in [0.3, 0.4) is 0 Å². The third-order valence-corrected chi connectivity index (χ3v) is 3.93. The van der Waals surface area contributed by atoms with Crippen molar-refractivity contribution in [3.63, 3.8) is 0 Å². The van der Waals surface area contributed by atoms with E-state index in [1.807, 2.05) is 0 Å². The van der Waals surface area contributed by atoms with Crippen molar-refractivity contribution in [2.45, 2.75) is 57.9 Å². The molecule has 0 aromatic carbocycles. The Morgan fingerprint density at radius 2 is 2.08 bits per heavy atom. The van der Waals surface area contributed by atoms with Crippen LogP contribution in [0.15, 0.2) is 0 Å². The maximum absolute atomic E-state index is 5.76. The van der Waals surface area contributed by atoms with Crippen molar-refractivity contribution in [1.29, 1.82) is 0 Å². The Balaban J connectivity index is 1.72. The highest BCUT2D eigenvalue weighted by Gasteiger charge is 2.53. The Hall–Kier alpha value is -0.0400. The molecule has 1 nitrogen and oxygen atoms in total. The van der Waals surface area contributed by atoms with E-state index in [-0.39, 0.29) is 0 Å². The standard InChI is InChI=1S/C11H21N/c1-9(12)4-5-10-8-11(10)6-2-3-7-11/h9-10H,2-8,12H2,1H3. The fourth-order valence-electron chi connectivity index (χ4n) is 3.00. The third kappa shape index (κ3) is 1.52. The largest absolute Gasteiger partial charge is 0.328 e. The highest BCUT2D eigenvalue weighted by atomic mass is 14.6. The van der Waals surface area contributed by atoms with Crippen LogP contribution in [0.25, 0.3) is 0 Å². The van der Waals surface area contributed by atoms with Gasteiger partial charge in [-0.15, -0.1) is 0 Å². The molecule has 0 aliphatic heterocycles. The number of hydrogen-bond donors (Lipinski definition) is 1. The van der Waals surface area contributed by atoms with E-state index in [9.17, 15) is 0 Å². The quantitative estimate of drug-likeness (QED) is 0.687. The molecule has 0 amide bonds. The van der Waals surface area contributed by atoms with Gasteiger partial charge in [0.15, 0.2) is 0 Å². The number of hydrogen-bond acceptors (Lipinski definition) is 1. The predicted molar refractivity (Wildman–Crippen MR) is 51.9 cm³/mol. The summed E-state index contributed by atoms with van der Waals surface area (Å²) in [6.45, 7) is 2.13. The minimum Gasteiger partial charge on any atom is -0.328 e. The van der Waals surface area contributed by atoms with Crippen molar-refractivity contribution in [2.24, 2.45) is 17.1 Å². The molecule has 0 saturated heterocycles. The lowest BCUT2D eigenvalue weighted by molar-refractivity contribution is 0.438. The molecular weight excluding hydrogens is 146 g/mol. The molecule has 2 unspecified atom stereocenters. The average molecular weight is 167 g/mol. The van der Waals surface area contributed by atoms with Crippen LogP contribution in [0.5, 0.6) is 0 Å². The summed E-state index contributed by atoms with van der Waals surface area (Å²) in [6.07, 6.45) is 10.2. The summed E-state index contributed by atoms with van der Waals surface area (Å²) in [4.78, 5) is 0. The van der Waals surface area contributed by atoms with Gasteiger partial charge in [-0.05, 0) is 50.4 Å². The Labute approximate surface area is 75.7 Å². The van der Waals surface area contributed by atoms with Crippen LogP contribution in [0.2, 0.25) is 0 Å². The minimum absolute atomic E-state index is 0.420. The highest BCUT2D eigenvalue weighted by molar-refractivity contribution is 5.04. The van der Waals surface area contributed by atoms with Gasteiger partial charge in [0.05, 0.1) is 0 Å². The van der Waals surface area contributed by atoms with E-state index in [2.05, 4.69) is 6.92 Å². The molecule has 2 N–H and O–H groups in total. The number of rotatable bonds is 3. The normalized spacial score (nSPS) is 34.0. The summed E-state index contributed by atoms with van der Waals surface area (Å²) in [7, 11) is 0. The van der Waals surface area contributed by atoms with Crippen LogP contribution < -0.4 is 5.73 Å². The van der Waals surface area contributed by atoms with Crippen LogP contribution in [0.1, 0.15) is 51.9 Å². The molecular formula is C11H21N. The van der Waals surface area contributed by atoms with E-state index >= 15 is 0 Å². The van der Waals surface area contributed by atoms with Gasteiger partial charge in [0.25, 0.3) is 0 Å². The average Bonchev–Trinajstić information content (AvgIpc) is 2.42. The summed E-state index contributed by atoms with van der Waals surface area (Å²) in [5.74, 6) is 1.06. The SMILES string of the molecule is CC(N)CCC1CC12CCCC2. The maximum Gasteiger partial charge on any atom is 0.00105 e. The Morgan fingerprint density at radius 3 is 2.67 bits per heavy atom. The molecule has 2 fully saturated rings. The van der Waals surface area contributed by atoms with Gasteiger partial charge in [0, 0.05) is 6.04 Å². The molecule has 2 rings (SSSR count). The van der Waals surface area contributed by atoms with Crippen molar-refractivity contribution in [1.82, 2.24) is 0 Å². The van der Waals surface area contributed by atoms with E-state index in [0.29, 0.717) is 6.04 Å². The monoisotopic (exact) mass is 167 g/mol. The minimum atomic E-state index is 0.420. The molecule has 0 bridgehead atoms. The summed E-state index contributed by atoms with van der Waals surface area (Å²) in [5.41, 5.74) is 6.60. The summed E-state index contributed by atoms with van der Waals surface area (Å²) < 4.78 is 0. The van der Waals surface area contributed by atoms with Gasteiger partial charge in [-0.3, -0.25) is 0 Å². The van der Waals surface area contributed by atoms with Crippen molar-refractivity contribution in [3.05, 3.63) is 0 Å². The van der Waals surface area contributed by atoms with Crippen LogP contribution in [-0.4, -0.2) is 6.04 Å². The van der Waals surface area contributed by atoms with Crippen LogP contribution in [0.4, 0.5) is 0 Å². The van der Waals surface area contributed by atoms with Crippen molar-refractivity contribution in [2.75, 3.05) is 0 Å². The molecule has 12 heavy (non-hydrogen) atoms. The maximum atomic E-state index is 5.76. The lowest BCUT2D eigenvalue weighted by Crippen LogP contribution is -2.14. The molecule has 0 radical (unpaired) electrons. The Bertz CT molecular complexity index is 156. The third-order valence-electron chi connectivity index (χ3n) is 3.93. The smallest absolute Gasteiger partial charge is 0.00105 e. The first-order valence-corrected chi connectivity index (χ1v) is 5.48. The second-order valence-electron chi connectivity index (χ2n) is 5.03. The zero-order chi connectivity index (χ0) is 8.60. The zero-order valence-electron chi connectivity index (χ0n) is 8.18. The van der Waals surface area contributed by atoms with Gasteiger partial charge in [0.2, 0.25) is 0 Å². The fraction of sp³-hybridized carbons (Fsp3) is 1.00. The van der Waals surface area contributed by atoms with Crippen LogP contribution in [0, 0.1) is 11.3 Å². The summed E-state index contributed by atoms with van der Waals surface area (Å²) in [6, 6.07) is 0.420. The lowest BCUT2D eigenvalue weighted by Gasteiger charge is -2.08. The molecule has 2 atom stereocenters. The summed E-state index contributed by atoms with van der Waals surface area (Å²) >= 11 is 0. The Kier molecular flexibility index (Phi) is 2.16. The first kappa shape index (κ1) is 8.55. The van der Waals surface area contributed by atoms with Crippen molar-refractivity contribution in [3.8, 4) is 0 Å². The molecule has 0 aromatic heterocycles. The molecule has 2 aliphatic rings. The van der Waals surface area contributed by atoms with Gasteiger partial charge >= 0.3 is 0 Å². The highest BCUT2D eigenvalue weighted by Crippen LogP contribution is 2.64. The second kappa shape index (κ2) is 3.02. The van der Waals surface area contributed by atoms with Crippen LogP contribution >= 0.6 is 0 Å². The van der Waals surface area contributed by atoms with E-state index < -0.39 is 0 Å². The molecule has 0 heterocycles. The Morgan fingerprint density at radius 1 is 1.42 bits per heavy atom. The fourth-order valence-corrected chi connectivity index (χ4v) is 3.00. The first-order chi connectivity index (χ1) is 5.73. The van der Waals surface area contributed by atoms with Gasteiger partial charge < -0.3 is 5.73 Å². The lowest BCUT2D eigenvalue weighted by atomic mass is 9.98. The molecule has 1 spiro atoms. The molecule has 0 aromatic rings. The van der Waals surface area contributed by atoms with Gasteiger partial charge in [0.1, 0.15) is 0 Å². The van der Waals surface area contributed by atoms with Crippen LogP contribution in [-0.2, 0) is 0 Å².